The number of rotatable bonds is 11. The number of carbonyl (C=O) groups is 2. The van der Waals surface area contributed by atoms with Crippen molar-refractivity contribution in [2.24, 2.45) is 11.7 Å². The van der Waals surface area contributed by atoms with Crippen molar-refractivity contribution in [2.75, 3.05) is 56.2 Å². The second-order valence-electron chi connectivity index (χ2n) is 13.1. The van der Waals surface area contributed by atoms with Crippen molar-refractivity contribution in [3.8, 4) is 22.4 Å². The van der Waals surface area contributed by atoms with Crippen molar-refractivity contribution in [1.29, 1.82) is 0 Å². The lowest BCUT2D eigenvalue weighted by Crippen LogP contribution is -2.37. The van der Waals surface area contributed by atoms with Crippen LogP contribution in [0.2, 0.25) is 25.7 Å². The van der Waals surface area contributed by atoms with Gasteiger partial charge in [-0.1, -0.05) is 43.9 Å². The number of primary amides is 1. The van der Waals surface area contributed by atoms with E-state index in [2.05, 4.69) is 55.8 Å². The van der Waals surface area contributed by atoms with E-state index >= 15 is 0 Å². The number of nitrogens with zero attached hydrogens (tertiary/aromatic N) is 5. The maximum Gasteiger partial charge on any atom is 0.267 e. The highest BCUT2D eigenvalue weighted by molar-refractivity contribution is 6.76. The fourth-order valence-electron chi connectivity index (χ4n) is 5.88. The van der Waals surface area contributed by atoms with E-state index in [1.54, 1.807) is 12.4 Å². The standard InChI is InChI=1S/C33H42N8O4Si/c1-46(2,3)15-14-45-21-41-28(17-27-30(41)32(38-20-37-27)40-10-12-44-13-11-40)23-6-4-22(5-7-23)26-16-25(19-36-29(26)31(34)42)39-33(43)24-8-9-35-18-24/h4-7,16-17,19-20,24,35H,8-15,18,21H2,1-3H3,(H2,34,42)(H,39,43)/t24-/m0/s1. The second-order valence-corrected chi connectivity index (χ2v) is 18.7. The van der Waals surface area contributed by atoms with Crippen LogP contribution in [0.3, 0.4) is 0 Å². The van der Waals surface area contributed by atoms with Crippen molar-refractivity contribution < 1.29 is 19.1 Å². The van der Waals surface area contributed by atoms with Crippen molar-refractivity contribution in [1.82, 2.24) is 24.8 Å². The fourth-order valence-corrected chi connectivity index (χ4v) is 6.64. The number of ether oxygens (including phenoxy) is 2. The number of amides is 2. The number of anilines is 2. The first-order chi connectivity index (χ1) is 22.2. The van der Waals surface area contributed by atoms with Crippen molar-refractivity contribution in [3.63, 3.8) is 0 Å². The Bertz CT molecular complexity index is 1710. The summed E-state index contributed by atoms with van der Waals surface area (Å²) >= 11 is 0. The smallest absolute Gasteiger partial charge is 0.267 e. The molecular formula is C33H42N8O4Si. The number of nitrogens with two attached hydrogens (primary N) is 1. The molecule has 2 aliphatic rings. The van der Waals surface area contributed by atoms with Crippen LogP contribution in [0, 0.1) is 5.92 Å². The molecule has 0 spiro atoms. The number of morpholine rings is 1. The molecule has 4 aromatic rings. The third-order valence-electron chi connectivity index (χ3n) is 8.50. The molecule has 2 saturated heterocycles. The Morgan fingerprint density at radius 3 is 2.54 bits per heavy atom. The van der Waals surface area contributed by atoms with Gasteiger partial charge in [0.05, 0.1) is 42.2 Å². The van der Waals surface area contributed by atoms with Crippen molar-refractivity contribution in [2.45, 2.75) is 38.8 Å². The summed E-state index contributed by atoms with van der Waals surface area (Å²) in [4.78, 5) is 41.0. The monoisotopic (exact) mass is 642 g/mol. The van der Waals surface area contributed by atoms with Gasteiger partial charge in [0.2, 0.25) is 5.91 Å². The Morgan fingerprint density at radius 1 is 1.09 bits per heavy atom. The minimum atomic E-state index is -1.26. The molecule has 1 atom stereocenters. The number of pyridine rings is 1. The van der Waals surface area contributed by atoms with Crippen LogP contribution in [0.25, 0.3) is 33.4 Å². The number of fused-ring (bicyclic) bond motifs is 1. The molecule has 12 nitrogen and oxygen atoms in total. The third-order valence-corrected chi connectivity index (χ3v) is 10.2. The number of nitrogens with one attached hydrogen (secondary N) is 2. The van der Waals surface area contributed by atoms with Crippen LogP contribution in [-0.2, 0) is 21.0 Å². The molecule has 13 heteroatoms. The van der Waals surface area contributed by atoms with Gasteiger partial charge in [-0.15, -0.1) is 0 Å². The highest BCUT2D eigenvalue weighted by Gasteiger charge is 2.24. The Labute approximate surface area is 269 Å². The van der Waals surface area contributed by atoms with Gasteiger partial charge in [0, 0.05) is 39.9 Å². The summed E-state index contributed by atoms with van der Waals surface area (Å²) in [6.07, 6.45) is 3.88. The van der Waals surface area contributed by atoms with Gasteiger partial charge in [-0.3, -0.25) is 9.59 Å². The quantitative estimate of drug-likeness (QED) is 0.163. The SMILES string of the molecule is C[Si](C)(C)CCOCn1c(-c2ccc(-c3cc(NC(=O)[C@H]4CCNC4)cnc3C(N)=O)cc2)cc2ncnc(N3CCOCC3)c21. The van der Waals surface area contributed by atoms with Gasteiger partial charge in [-0.05, 0) is 42.3 Å². The highest BCUT2D eigenvalue weighted by Crippen LogP contribution is 2.34. The van der Waals surface area contributed by atoms with E-state index in [1.165, 1.54) is 6.20 Å². The van der Waals surface area contributed by atoms with Gasteiger partial charge < -0.3 is 35.3 Å². The Kier molecular flexibility index (Phi) is 9.45. The first-order valence-corrected chi connectivity index (χ1v) is 19.6. The molecule has 242 valence electrons. The number of hydrogen-bond donors (Lipinski definition) is 3. The van der Waals surface area contributed by atoms with Crippen LogP contribution >= 0.6 is 0 Å². The molecular weight excluding hydrogens is 601 g/mol. The summed E-state index contributed by atoms with van der Waals surface area (Å²) < 4.78 is 14.0. The molecule has 4 N–H and O–H groups in total. The molecule has 5 heterocycles. The van der Waals surface area contributed by atoms with Crippen LogP contribution < -0.4 is 21.3 Å². The van der Waals surface area contributed by atoms with Gasteiger partial charge in [-0.2, -0.15) is 0 Å². The maximum absolute atomic E-state index is 12.8. The van der Waals surface area contributed by atoms with Gasteiger partial charge in [0.15, 0.2) is 5.82 Å². The Balaban J connectivity index is 1.34. The summed E-state index contributed by atoms with van der Waals surface area (Å²) in [5.41, 5.74) is 11.3. The molecule has 2 amide bonds. The van der Waals surface area contributed by atoms with Gasteiger partial charge in [-0.25, -0.2) is 15.0 Å². The number of carbonyl (C=O) groups excluding carboxylic acids is 2. The lowest BCUT2D eigenvalue weighted by atomic mass is 10.0. The lowest BCUT2D eigenvalue weighted by molar-refractivity contribution is -0.119. The molecule has 2 aliphatic heterocycles. The molecule has 0 aliphatic carbocycles. The van der Waals surface area contributed by atoms with E-state index < -0.39 is 14.0 Å². The highest BCUT2D eigenvalue weighted by atomic mass is 28.3. The molecule has 0 bridgehead atoms. The predicted molar refractivity (Wildman–Crippen MR) is 181 cm³/mol. The zero-order chi connectivity index (χ0) is 32.3. The van der Waals surface area contributed by atoms with Crippen LogP contribution in [0.4, 0.5) is 11.5 Å². The minimum absolute atomic E-state index is 0.0700. The fraction of sp³-hybridized carbons (Fsp3) is 0.424. The summed E-state index contributed by atoms with van der Waals surface area (Å²) in [7, 11) is -1.26. The average molecular weight is 643 g/mol. The van der Waals surface area contributed by atoms with Crippen molar-refractivity contribution >= 4 is 42.4 Å². The molecule has 0 saturated carbocycles. The van der Waals surface area contributed by atoms with E-state index in [4.69, 9.17) is 20.2 Å². The molecule has 1 aromatic carbocycles. The zero-order valence-corrected chi connectivity index (χ0v) is 27.7. The molecule has 2 fully saturated rings. The maximum atomic E-state index is 12.8. The third kappa shape index (κ3) is 7.12. The van der Waals surface area contributed by atoms with Crippen LogP contribution in [0.5, 0.6) is 0 Å². The first kappa shape index (κ1) is 31.8. The normalized spacial score (nSPS) is 17.0. The molecule has 0 unspecified atom stereocenters. The molecule has 3 aromatic heterocycles. The summed E-state index contributed by atoms with van der Waals surface area (Å²) in [5.74, 6) is 0.0637. The molecule has 6 rings (SSSR count). The van der Waals surface area contributed by atoms with E-state index in [0.717, 1.165) is 65.8 Å². The Hall–Kier alpha value is -4.17. The van der Waals surface area contributed by atoms with Gasteiger partial charge in [0.1, 0.15) is 24.3 Å². The van der Waals surface area contributed by atoms with Gasteiger partial charge in [0.25, 0.3) is 5.91 Å². The van der Waals surface area contributed by atoms with E-state index in [0.29, 0.717) is 44.3 Å². The average Bonchev–Trinajstić information content (AvgIpc) is 3.72. The zero-order valence-electron chi connectivity index (χ0n) is 26.7. The van der Waals surface area contributed by atoms with E-state index in [9.17, 15) is 9.59 Å². The van der Waals surface area contributed by atoms with Crippen molar-refractivity contribution in [3.05, 3.63) is 54.6 Å². The molecule has 0 radical (unpaired) electrons. The number of aromatic nitrogens is 4. The summed E-state index contributed by atoms with van der Waals surface area (Å²) in [5, 5.41) is 6.16. The first-order valence-electron chi connectivity index (χ1n) is 15.8. The predicted octanol–water partition coefficient (Wildman–Crippen LogP) is 3.96. The summed E-state index contributed by atoms with van der Waals surface area (Å²) in [6, 6.07) is 12.8. The summed E-state index contributed by atoms with van der Waals surface area (Å²) in [6.45, 7) is 12.3. The van der Waals surface area contributed by atoms with E-state index in [1.807, 2.05) is 24.3 Å². The van der Waals surface area contributed by atoms with Crippen LogP contribution in [-0.4, -0.2) is 85.4 Å². The second kappa shape index (κ2) is 13.7. The minimum Gasteiger partial charge on any atom is -0.378 e. The van der Waals surface area contributed by atoms with Crippen LogP contribution in [0.15, 0.2) is 48.9 Å². The van der Waals surface area contributed by atoms with Gasteiger partial charge >= 0.3 is 0 Å². The van der Waals surface area contributed by atoms with E-state index in [-0.39, 0.29) is 17.5 Å². The lowest BCUT2D eigenvalue weighted by Gasteiger charge is -2.28. The topological polar surface area (TPSA) is 150 Å². The largest absolute Gasteiger partial charge is 0.378 e. The Morgan fingerprint density at radius 2 is 1.85 bits per heavy atom. The van der Waals surface area contributed by atoms with Crippen LogP contribution in [0.1, 0.15) is 16.9 Å². The number of hydrogen-bond acceptors (Lipinski definition) is 9. The molecule has 46 heavy (non-hydrogen) atoms. The number of benzene rings is 1.